The first-order valence-corrected chi connectivity index (χ1v) is 15.7. The largest absolute Gasteiger partial charge is 0.481 e. The average Bonchev–Trinajstić information content (AvgIpc) is 3.23. The van der Waals surface area contributed by atoms with Crippen molar-refractivity contribution in [3.8, 4) is 0 Å². The number of carboxylic acids is 1. The van der Waals surface area contributed by atoms with Crippen LogP contribution in [-0.2, 0) is 28.6 Å². The fourth-order valence-corrected chi connectivity index (χ4v) is 11.2. The van der Waals surface area contributed by atoms with Crippen molar-refractivity contribution >= 4 is 17.9 Å². The lowest BCUT2D eigenvalue weighted by molar-refractivity contribution is -0.243. The van der Waals surface area contributed by atoms with E-state index in [0.717, 1.165) is 44.1 Å². The number of hydrogen-bond donors (Lipinski definition) is 1. The molecule has 2 aliphatic heterocycles. The molecule has 6 rings (SSSR count). The van der Waals surface area contributed by atoms with E-state index in [1.54, 1.807) is 5.57 Å². The maximum atomic E-state index is 12.8. The van der Waals surface area contributed by atoms with Crippen LogP contribution in [0.1, 0.15) is 113 Å². The Kier molecular flexibility index (Phi) is 6.31. The molecule has 1 saturated heterocycles. The number of hydrogen-bond acceptors (Lipinski definition) is 6. The number of carboxylic acid groups (broad SMARTS) is 1. The highest BCUT2D eigenvalue weighted by Crippen LogP contribution is 2.74. The summed E-state index contributed by atoms with van der Waals surface area (Å²) >= 11 is 0. The third-order valence-corrected chi connectivity index (χ3v) is 13.7. The molecule has 0 aromatic rings. The summed E-state index contributed by atoms with van der Waals surface area (Å²) in [4.78, 5) is 36.3. The van der Waals surface area contributed by atoms with Crippen LogP contribution < -0.4 is 0 Å². The number of allylic oxidation sites excluding steroid dienone is 1. The second-order valence-electron chi connectivity index (χ2n) is 15.5. The molecule has 0 aromatic carbocycles. The van der Waals surface area contributed by atoms with E-state index < -0.39 is 24.1 Å². The third-order valence-electron chi connectivity index (χ3n) is 13.7. The van der Waals surface area contributed by atoms with Crippen molar-refractivity contribution in [1.29, 1.82) is 0 Å². The maximum absolute atomic E-state index is 12.8. The topological polar surface area (TPSA) is 99.1 Å². The second-order valence-corrected chi connectivity index (χ2v) is 15.5. The molecule has 226 valence electrons. The van der Waals surface area contributed by atoms with Gasteiger partial charge in [0, 0.05) is 28.4 Å². The van der Waals surface area contributed by atoms with E-state index in [1.165, 1.54) is 5.57 Å². The minimum absolute atomic E-state index is 0.00785. The summed E-state index contributed by atoms with van der Waals surface area (Å²) in [6.45, 7) is 18.0. The normalized spacial score (nSPS) is 46.4. The average molecular weight is 569 g/mol. The van der Waals surface area contributed by atoms with E-state index in [4.69, 9.17) is 19.3 Å². The first kappa shape index (κ1) is 28.9. The molecular formula is C34H48O7. The molecule has 0 aromatic heterocycles. The summed E-state index contributed by atoms with van der Waals surface area (Å²) in [5.74, 6) is -1.90. The van der Waals surface area contributed by atoms with Gasteiger partial charge in [-0.1, -0.05) is 52.7 Å². The van der Waals surface area contributed by atoms with E-state index in [-0.39, 0.29) is 39.8 Å². The lowest BCUT2D eigenvalue weighted by Crippen LogP contribution is -2.59. The minimum Gasteiger partial charge on any atom is -0.481 e. The molecule has 7 nitrogen and oxygen atoms in total. The van der Waals surface area contributed by atoms with Crippen molar-refractivity contribution in [2.75, 3.05) is 0 Å². The van der Waals surface area contributed by atoms with Gasteiger partial charge in [-0.2, -0.15) is 0 Å². The first-order valence-electron chi connectivity index (χ1n) is 15.7. The molecule has 9 atom stereocenters. The van der Waals surface area contributed by atoms with Crippen LogP contribution in [0, 0.1) is 39.4 Å². The van der Waals surface area contributed by atoms with Gasteiger partial charge in [0.05, 0.1) is 6.10 Å². The van der Waals surface area contributed by atoms with Gasteiger partial charge in [0.2, 0.25) is 5.79 Å². The van der Waals surface area contributed by atoms with Gasteiger partial charge in [-0.3, -0.25) is 9.59 Å². The van der Waals surface area contributed by atoms with Gasteiger partial charge >= 0.3 is 17.9 Å². The Balaban J connectivity index is 1.40. The predicted octanol–water partition coefficient (Wildman–Crippen LogP) is 6.75. The first-order chi connectivity index (χ1) is 19.0. The molecule has 41 heavy (non-hydrogen) atoms. The van der Waals surface area contributed by atoms with Gasteiger partial charge in [-0.25, -0.2) is 4.79 Å². The SMILES string of the molecule is CC1=C(C)[C@]2(C[C@@H](C)[C@H]3CC[C@@]4(C)C5=C(C[C@@H](O2)[C@]34C)[C@@]2(C)CC[C@@H](OC(=O)CC(=O)O)C(C)(C)[C@@H]2CC5)OC1=O. The maximum Gasteiger partial charge on any atom is 0.336 e. The Morgan fingerprint density at radius 2 is 1.73 bits per heavy atom. The Hall–Kier alpha value is -2.15. The Morgan fingerprint density at radius 1 is 1.02 bits per heavy atom. The monoisotopic (exact) mass is 568 g/mol. The zero-order valence-electron chi connectivity index (χ0n) is 26.1. The molecule has 2 heterocycles. The zero-order valence-corrected chi connectivity index (χ0v) is 26.1. The minimum atomic E-state index is -1.15. The highest BCUT2D eigenvalue weighted by molar-refractivity contribution is 5.92. The smallest absolute Gasteiger partial charge is 0.336 e. The Morgan fingerprint density at radius 3 is 2.37 bits per heavy atom. The fourth-order valence-electron chi connectivity index (χ4n) is 11.2. The van der Waals surface area contributed by atoms with E-state index in [1.807, 2.05) is 13.8 Å². The Labute approximate surface area is 244 Å². The molecule has 0 radical (unpaired) electrons. The lowest BCUT2D eigenvalue weighted by atomic mass is 9.42. The van der Waals surface area contributed by atoms with Gasteiger partial charge < -0.3 is 19.3 Å². The number of fused-ring (bicyclic) bond motifs is 3. The molecule has 0 unspecified atom stereocenters. The number of esters is 2. The quantitative estimate of drug-likeness (QED) is 0.228. The molecular weight excluding hydrogens is 520 g/mol. The van der Waals surface area contributed by atoms with Crippen LogP contribution in [0.5, 0.6) is 0 Å². The van der Waals surface area contributed by atoms with Crippen LogP contribution in [0.4, 0.5) is 0 Å². The van der Waals surface area contributed by atoms with Gasteiger partial charge in [0.15, 0.2) is 0 Å². The summed E-state index contributed by atoms with van der Waals surface area (Å²) in [6.07, 6.45) is 6.55. The van der Waals surface area contributed by atoms with Crippen molar-refractivity contribution in [3.63, 3.8) is 0 Å². The van der Waals surface area contributed by atoms with Crippen LogP contribution in [0.2, 0.25) is 0 Å². The van der Waals surface area contributed by atoms with Crippen LogP contribution in [0.3, 0.4) is 0 Å². The van der Waals surface area contributed by atoms with Gasteiger partial charge in [0.25, 0.3) is 0 Å². The molecule has 2 saturated carbocycles. The fraction of sp³-hybridized carbons (Fsp3) is 0.794. The summed E-state index contributed by atoms with van der Waals surface area (Å²) in [5, 5.41) is 9.10. The summed E-state index contributed by atoms with van der Waals surface area (Å²) in [5.41, 5.74) is 4.34. The molecule has 1 spiro atoms. The van der Waals surface area contributed by atoms with Crippen LogP contribution in [0.15, 0.2) is 22.3 Å². The van der Waals surface area contributed by atoms with E-state index in [0.29, 0.717) is 36.2 Å². The number of ether oxygens (including phenoxy) is 3. The zero-order chi connectivity index (χ0) is 29.9. The van der Waals surface area contributed by atoms with Crippen LogP contribution in [0.25, 0.3) is 0 Å². The predicted molar refractivity (Wildman–Crippen MR) is 152 cm³/mol. The summed E-state index contributed by atoms with van der Waals surface area (Å²) < 4.78 is 19.2. The standard InChI is InChI=1S/C34H48O7/c1-18-17-34(20(3)19(2)29(38)41-34)40-26-15-23-22(32(7)14-11-21(18)33(26,32)8)9-10-24-30(4,5)25(12-13-31(23,24)6)39-28(37)16-27(35)36/h18,21,24-26H,9-17H2,1-8H3,(H,35,36)/t18-,21-,24+,25-,26-,31-,32+,33+,34+/m1/s1. The molecule has 6 aliphatic rings. The van der Waals surface area contributed by atoms with Crippen molar-refractivity contribution < 1.29 is 33.7 Å². The lowest BCUT2D eigenvalue weighted by Gasteiger charge is -2.63. The number of carbonyl (C=O) groups excluding carboxylic acids is 2. The van der Waals surface area contributed by atoms with Crippen LogP contribution >= 0.6 is 0 Å². The van der Waals surface area contributed by atoms with Gasteiger partial charge in [-0.05, 0) is 87.4 Å². The molecule has 4 aliphatic carbocycles. The third kappa shape index (κ3) is 3.69. The molecule has 3 fully saturated rings. The molecule has 0 bridgehead atoms. The summed E-state index contributed by atoms with van der Waals surface area (Å²) in [6, 6.07) is 0. The number of rotatable bonds is 3. The van der Waals surface area contributed by atoms with Crippen molar-refractivity contribution in [2.45, 2.75) is 131 Å². The van der Waals surface area contributed by atoms with Crippen molar-refractivity contribution in [3.05, 3.63) is 22.3 Å². The highest BCUT2D eigenvalue weighted by Gasteiger charge is 2.70. The van der Waals surface area contributed by atoms with Crippen LogP contribution in [-0.4, -0.2) is 41.0 Å². The van der Waals surface area contributed by atoms with E-state index in [2.05, 4.69) is 41.5 Å². The molecule has 1 N–H and O–H groups in total. The van der Waals surface area contributed by atoms with Gasteiger partial charge in [0.1, 0.15) is 12.5 Å². The highest BCUT2D eigenvalue weighted by atomic mass is 16.7. The van der Waals surface area contributed by atoms with Crippen molar-refractivity contribution in [1.82, 2.24) is 0 Å². The van der Waals surface area contributed by atoms with E-state index >= 15 is 0 Å². The molecule has 7 heteroatoms. The summed E-state index contributed by atoms with van der Waals surface area (Å²) in [7, 11) is 0. The van der Waals surface area contributed by atoms with E-state index in [9.17, 15) is 14.4 Å². The number of aliphatic carboxylic acids is 1. The molecule has 0 amide bonds. The van der Waals surface area contributed by atoms with Crippen molar-refractivity contribution in [2.24, 2.45) is 39.4 Å². The number of carbonyl (C=O) groups is 3. The second kappa shape index (κ2) is 8.93. The Bertz CT molecular complexity index is 1280. The van der Waals surface area contributed by atoms with Gasteiger partial charge in [-0.15, -0.1) is 0 Å².